The van der Waals surface area contributed by atoms with Crippen LogP contribution in [0.3, 0.4) is 0 Å². The highest BCUT2D eigenvalue weighted by atomic mass is 35.5. The third-order valence-electron chi connectivity index (χ3n) is 3.33. The fourth-order valence-electron chi connectivity index (χ4n) is 2.08. The molecule has 0 aliphatic heterocycles. The van der Waals surface area contributed by atoms with Crippen molar-refractivity contribution in [2.75, 3.05) is 17.2 Å². The number of aromatic nitrogens is 2. The fourth-order valence-corrected chi connectivity index (χ4v) is 2.54. The number of halogens is 2. The van der Waals surface area contributed by atoms with Crippen LogP contribution in [0.2, 0.25) is 10.0 Å². The van der Waals surface area contributed by atoms with Crippen LogP contribution in [-0.2, 0) is 4.79 Å². The molecule has 1 heterocycles. The van der Waals surface area contributed by atoms with Crippen molar-refractivity contribution in [2.24, 2.45) is 0 Å². The second kappa shape index (κ2) is 6.60. The van der Waals surface area contributed by atoms with Gasteiger partial charge in [-0.2, -0.15) is 4.98 Å². The molecule has 1 aromatic heterocycles. The predicted molar refractivity (Wildman–Crippen MR) is 89.9 cm³/mol. The zero-order chi connectivity index (χ0) is 16.4. The average Bonchev–Trinajstić information content (AvgIpc) is 3.33. The summed E-state index contributed by atoms with van der Waals surface area (Å²) in [6, 6.07) is 6.98. The van der Waals surface area contributed by atoms with Crippen molar-refractivity contribution in [3.05, 3.63) is 40.0 Å². The molecule has 3 N–H and O–H groups in total. The highest BCUT2D eigenvalue weighted by molar-refractivity contribution is 6.36. The minimum absolute atomic E-state index is 0.241. The van der Waals surface area contributed by atoms with Gasteiger partial charge in [0.25, 0.3) is 0 Å². The number of hydrogen-bond donors (Lipinski definition) is 3. The monoisotopic (exact) mass is 352 g/mol. The van der Waals surface area contributed by atoms with Crippen molar-refractivity contribution < 1.29 is 9.90 Å². The highest BCUT2D eigenvalue weighted by Gasteiger charge is 2.26. The van der Waals surface area contributed by atoms with Crippen LogP contribution in [0.4, 0.5) is 17.5 Å². The summed E-state index contributed by atoms with van der Waals surface area (Å²) in [5.41, 5.74) is 1.56. The molecule has 0 amide bonds. The summed E-state index contributed by atoms with van der Waals surface area (Å²) in [6.07, 6.45) is 2.16. The molecule has 23 heavy (non-hydrogen) atoms. The SMILES string of the molecule is O=C(O)CNc1nc(Nc2ccc(Cl)cc2Cl)cc(C2CC2)n1. The summed E-state index contributed by atoms with van der Waals surface area (Å²) in [5, 5.41) is 15.6. The van der Waals surface area contributed by atoms with Crippen LogP contribution in [-0.4, -0.2) is 27.6 Å². The lowest BCUT2D eigenvalue weighted by Gasteiger charge is -2.11. The molecule has 0 radical (unpaired) electrons. The van der Waals surface area contributed by atoms with Gasteiger partial charge in [0, 0.05) is 17.0 Å². The lowest BCUT2D eigenvalue weighted by Crippen LogP contribution is -2.15. The van der Waals surface area contributed by atoms with E-state index in [2.05, 4.69) is 20.6 Å². The van der Waals surface area contributed by atoms with Crippen molar-refractivity contribution >= 4 is 46.6 Å². The maximum atomic E-state index is 10.7. The second-order valence-electron chi connectivity index (χ2n) is 5.27. The Kier molecular flexibility index (Phi) is 4.54. The summed E-state index contributed by atoms with van der Waals surface area (Å²) in [7, 11) is 0. The van der Waals surface area contributed by atoms with Gasteiger partial charge in [0.05, 0.1) is 16.4 Å². The number of rotatable bonds is 6. The number of carboxylic acids is 1. The largest absolute Gasteiger partial charge is 0.480 e. The van der Waals surface area contributed by atoms with Gasteiger partial charge in [0.1, 0.15) is 12.4 Å². The van der Waals surface area contributed by atoms with Crippen LogP contribution in [0.1, 0.15) is 24.5 Å². The normalized spacial score (nSPS) is 13.7. The Labute approximate surface area is 142 Å². The quantitative estimate of drug-likeness (QED) is 0.730. The number of aliphatic carboxylic acids is 1. The minimum Gasteiger partial charge on any atom is -0.480 e. The fraction of sp³-hybridized carbons (Fsp3) is 0.267. The van der Waals surface area contributed by atoms with E-state index < -0.39 is 5.97 Å². The molecule has 3 rings (SSSR count). The highest BCUT2D eigenvalue weighted by Crippen LogP contribution is 2.40. The van der Waals surface area contributed by atoms with E-state index in [0.29, 0.717) is 27.5 Å². The topological polar surface area (TPSA) is 87.1 Å². The Bertz CT molecular complexity index is 750. The summed E-state index contributed by atoms with van der Waals surface area (Å²) in [6.45, 7) is -0.241. The summed E-state index contributed by atoms with van der Waals surface area (Å²) in [4.78, 5) is 19.3. The molecular formula is C15H14Cl2N4O2. The van der Waals surface area contributed by atoms with Crippen LogP contribution < -0.4 is 10.6 Å². The molecule has 6 nitrogen and oxygen atoms in total. The minimum atomic E-state index is -0.972. The second-order valence-corrected chi connectivity index (χ2v) is 6.12. The number of anilines is 3. The molecular weight excluding hydrogens is 339 g/mol. The zero-order valence-corrected chi connectivity index (χ0v) is 13.5. The number of benzene rings is 1. The molecule has 1 aliphatic rings. The molecule has 2 aromatic rings. The first-order valence-electron chi connectivity index (χ1n) is 7.08. The van der Waals surface area contributed by atoms with E-state index in [-0.39, 0.29) is 12.5 Å². The molecule has 1 fully saturated rings. The smallest absolute Gasteiger partial charge is 0.322 e. The maximum Gasteiger partial charge on any atom is 0.322 e. The molecule has 1 aliphatic carbocycles. The summed E-state index contributed by atoms with van der Waals surface area (Å²) in [5.74, 6) is 0.272. The van der Waals surface area contributed by atoms with Crippen molar-refractivity contribution in [1.82, 2.24) is 9.97 Å². The van der Waals surface area contributed by atoms with Crippen LogP contribution >= 0.6 is 23.2 Å². The first kappa shape index (κ1) is 15.8. The van der Waals surface area contributed by atoms with Crippen LogP contribution in [0.5, 0.6) is 0 Å². The first-order chi connectivity index (χ1) is 11.0. The van der Waals surface area contributed by atoms with Crippen molar-refractivity contribution in [3.8, 4) is 0 Å². The van der Waals surface area contributed by atoms with Gasteiger partial charge in [-0.15, -0.1) is 0 Å². The van der Waals surface area contributed by atoms with Crippen molar-refractivity contribution in [1.29, 1.82) is 0 Å². The standard InChI is InChI=1S/C15H14Cl2N4O2/c16-9-3-4-11(10(17)5-9)19-13-6-12(8-1-2-8)20-15(21-13)18-7-14(22)23/h3-6,8H,1-2,7H2,(H,22,23)(H2,18,19,20,21). The maximum absolute atomic E-state index is 10.7. The van der Waals surface area contributed by atoms with E-state index in [9.17, 15) is 4.79 Å². The van der Waals surface area contributed by atoms with Gasteiger partial charge in [-0.1, -0.05) is 23.2 Å². The van der Waals surface area contributed by atoms with Crippen molar-refractivity contribution in [3.63, 3.8) is 0 Å². The van der Waals surface area contributed by atoms with E-state index in [1.807, 2.05) is 6.07 Å². The average molecular weight is 353 g/mol. The third kappa shape index (κ3) is 4.24. The lowest BCUT2D eigenvalue weighted by atomic mass is 10.2. The molecule has 1 aromatic carbocycles. The van der Waals surface area contributed by atoms with Gasteiger partial charge in [0.15, 0.2) is 0 Å². The molecule has 0 unspecified atom stereocenters. The van der Waals surface area contributed by atoms with E-state index in [0.717, 1.165) is 18.5 Å². The molecule has 0 spiro atoms. The Morgan fingerprint density at radius 2 is 2.04 bits per heavy atom. The third-order valence-corrected chi connectivity index (χ3v) is 3.88. The molecule has 0 bridgehead atoms. The Morgan fingerprint density at radius 3 is 2.70 bits per heavy atom. The van der Waals surface area contributed by atoms with Gasteiger partial charge in [-0.25, -0.2) is 4.98 Å². The Balaban J connectivity index is 1.86. The van der Waals surface area contributed by atoms with Gasteiger partial charge in [-0.05, 0) is 31.0 Å². The van der Waals surface area contributed by atoms with Crippen LogP contribution in [0.15, 0.2) is 24.3 Å². The summed E-state index contributed by atoms with van der Waals surface area (Å²) >= 11 is 12.0. The summed E-state index contributed by atoms with van der Waals surface area (Å²) < 4.78 is 0. The number of hydrogen-bond acceptors (Lipinski definition) is 5. The molecule has 0 atom stereocenters. The number of nitrogens with zero attached hydrogens (tertiary/aromatic N) is 2. The van der Waals surface area contributed by atoms with E-state index in [1.54, 1.807) is 18.2 Å². The lowest BCUT2D eigenvalue weighted by molar-refractivity contribution is -0.134. The first-order valence-corrected chi connectivity index (χ1v) is 7.83. The van der Waals surface area contributed by atoms with Gasteiger partial charge in [-0.3, -0.25) is 4.79 Å². The molecule has 8 heteroatoms. The van der Waals surface area contributed by atoms with E-state index >= 15 is 0 Å². The van der Waals surface area contributed by atoms with Crippen LogP contribution in [0.25, 0.3) is 0 Å². The van der Waals surface area contributed by atoms with Gasteiger partial charge >= 0.3 is 5.97 Å². The Hall–Kier alpha value is -2.05. The molecule has 0 saturated heterocycles. The number of carbonyl (C=O) groups is 1. The number of carboxylic acid groups (broad SMARTS) is 1. The van der Waals surface area contributed by atoms with E-state index in [4.69, 9.17) is 28.3 Å². The zero-order valence-electron chi connectivity index (χ0n) is 12.0. The van der Waals surface area contributed by atoms with Gasteiger partial charge < -0.3 is 15.7 Å². The van der Waals surface area contributed by atoms with Crippen LogP contribution in [0, 0.1) is 0 Å². The Morgan fingerprint density at radius 1 is 1.26 bits per heavy atom. The number of nitrogens with one attached hydrogen (secondary N) is 2. The molecule has 120 valence electrons. The molecule has 1 saturated carbocycles. The predicted octanol–water partition coefficient (Wildman–Crippen LogP) is 3.90. The van der Waals surface area contributed by atoms with Crippen molar-refractivity contribution in [2.45, 2.75) is 18.8 Å². The van der Waals surface area contributed by atoms with E-state index in [1.165, 1.54) is 0 Å². The van der Waals surface area contributed by atoms with Gasteiger partial charge in [0.2, 0.25) is 5.95 Å².